The Labute approximate surface area is 137 Å². The molecule has 1 aromatic heterocycles. The van der Waals surface area contributed by atoms with E-state index >= 15 is 0 Å². The smallest absolute Gasteiger partial charge is 0.433 e. The van der Waals surface area contributed by atoms with Gasteiger partial charge in [0.2, 0.25) is 0 Å². The molecule has 0 spiro atoms. The third-order valence-electron chi connectivity index (χ3n) is 2.70. The molecule has 0 fully saturated rings. The molecule has 0 atom stereocenters. The molecule has 0 bridgehead atoms. The lowest BCUT2D eigenvalue weighted by molar-refractivity contribution is -0.141. The maximum atomic E-state index is 12.8. The first-order valence-electron chi connectivity index (χ1n) is 5.58. The maximum Gasteiger partial charge on any atom is 0.433 e. The summed E-state index contributed by atoms with van der Waals surface area (Å²) in [7, 11) is 0. The quantitative estimate of drug-likeness (QED) is 0.718. The molecule has 0 saturated carbocycles. The highest BCUT2D eigenvalue weighted by atomic mass is 35.5. The molecule has 0 aliphatic heterocycles. The molecule has 116 valence electrons. The largest absolute Gasteiger partial charge is 0.478 e. The number of carboxylic acid groups (broad SMARTS) is 1. The van der Waals surface area contributed by atoms with Gasteiger partial charge in [0.1, 0.15) is 5.69 Å². The first-order chi connectivity index (χ1) is 10.1. The molecule has 22 heavy (non-hydrogen) atoms. The van der Waals surface area contributed by atoms with E-state index in [9.17, 15) is 18.0 Å². The van der Waals surface area contributed by atoms with Crippen LogP contribution in [0.3, 0.4) is 0 Å². The molecule has 3 nitrogen and oxygen atoms in total. The lowest BCUT2D eigenvalue weighted by Gasteiger charge is -2.13. The highest BCUT2D eigenvalue weighted by Gasteiger charge is 2.34. The molecule has 1 N–H and O–H groups in total. The minimum Gasteiger partial charge on any atom is -0.478 e. The van der Waals surface area contributed by atoms with Gasteiger partial charge in [-0.2, -0.15) is 13.2 Å². The number of rotatable bonds is 2. The van der Waals surface area contributed by atoms with Crippen LogP contribution in [0.4, 0.5) is 13.2 Å². The third-order valence-corrected chi connectivity index (χ3v) is 3.82. The van der Waals surface area contributed by atoms with E-state index in [4.69, 9.17) is 39.9 Å². The Morgan fingerprint density at radius 2 is 1.64 bits per heavy atom. The Balaban J connectivity index is 2.83. The Hall–Kier alpha value is -1.50. The van der Waals surface area contributed by atoms with Crippen molar-refractivity contribution >= 4 is 40.8 Å². The molecule has 1 aromatic carbocycles. The minimum absolute atomic E-state index is 0.0108. The third kappa shape index (κ3) is 3.14. The van der Waals surface area contributed by atoms with Crippen molar-refractivity contribution in [3.05, 3.63) is 50.6 Å². The summed E-state index contributed by atoms with van der Waals surface area (Å²) in [5.41, 5.74) is -2.40. The molecule has 0 saturated heterocycles. The van der Waals surface area contributed by atoms with Crippen LogP contribution < -0.4 is 0 Å². The van der Waals surface area contributed by atoms with Crippen molar-refractivity contribution in [2.75, 3.05) is 0 Å². The van der Waals surface area contributed by atoms with Crippen LogP contribution in [0, 0.1) is 0 Å². The highest BCUT2D eigenvalue weighted by Crippen LogP contribution is 2.40. The zero-order valence-corrected chi connectivity index (χ0v) is 12.6. The van der Waals surface area contributed by atoms with E-state index in [1.807, 2.05) is 0 Å². The summed E-state index contributed by atoms with van der Waals surface area (Å²) >= 11 is 17.7. The van der Waals surface area contributed by atoms with Crippen LogP contribution in [0.2, 0.25) is 15.1 Å². The monoisotopic (exact) mass is 369 g/mol. The van der Waals surface area contributed by atoms with E-state index in [1.165, 1.54) is 12.1 Å². The zero-order valence-electron chi connectivity index (χ0n) is 10.4. The molecular formula is C13H5Cl3F3NO2. The van der Waals surface area contributed by atoms with Crippen molar-refractivity contribution in [1.82, 2.24) is 4.98 Å². The van der Waals surface area contributed by atoms with Gasteiger partial charge in [-0.05, 0) is 24.3 Å². The van der Waals surface area contributed by atoms with Gasteiger partial charge in [-0.1, -0.05) is 34.8 Å². The Morgan fingerprint density at radius 3 is 2.18 bits per heavy atom. The summed E-state index contributed by atoms with van der Waals surface area (Å²) in [5.74, 6) is -1.47. The van der Waals surface area contributed by atoms with Gasteiger partial charge >= 0.3 is 12.1 Å². The molecule has 0 aliphatic carbocycles. The fraction of sp³-hybridized carbons (Fsp3) is 0.0769. The van der Waals surface area contributed by atoms with E-state index in [-0.39, 0.29) is 20.6 Å². The second kappa shape index (κ2) is 5.95. The van der Waals surface area contributed by atoms with Crippen molar-refractivity contribution in [3.8, 4) is 11.3 Å². The summed E-state index contributed by atoms with van der Waals surface area (Å²) in [6.07, 6.45) is -4.75. The van der Waals surface area contributed by atoms with Gasteiger partial charge in [0.25, 0.3) is 0 Å². The van der Waals surface area contributed by atoms with E-state index in [1.54, 1.807) is 0 Å². The molecule has 2 aromatic rings. The number of nitrogens with zero attached hydrogens (tertiary/aromatic N) is 1. The topological polar surface area (TPSA) is 50.2 Å². The summed E-state index contributed by atoms with van der Waals surface area (Å²) in [5, 5.41) is 8.90. The number of hydrogen-bond acceptors (Lipinski definition) is 2. The number of hydrogen-bond donors (Lipinski definition) is 1. The van der Waals surface area contributed by atoms with Crippen LogP contribution in [0.1, 0.15) is 16.1 Å². The normalized spacial score (nSPS) is 11.5. The SMILES string of the molecule is O=C(O)c1ccc(C(F)(F)F)nc1-c1c(Cl)ccc(Cl)c1Cl. The fourth-order valence-electron chi connectivity index (χ4n) is 1.72. The first-order valence-corrected chi connectivity index (χ1v) is 6.71. The van der Waals surface area contributed by atoms with E-state index in [0.29, 0.717) is 6.07 Å². The van der Waals surface area contributed by atoms with Gasteiger partial charge in [-0.25, -0.2) is 9.78 Å². The van der Waals surface area contributed by atoms with Crippen LogP contribution in [-0.2, 0) is 6.18 Å². The van der Waals surface area contributed by atoms with Crippen LogP contribution >= 0.6 is 34.8 Å². The standard InChI is InChI=1S/C13H5Cl3F3NO2/c14-6-2-3-7(15)10(16)9(6)11-5(12(21)22)1-4-8(20-11)13(17,18)19/h1-4H,(H,21,22). The molecule has 2 rings (SSSR count). The van der Waals surface area contributed by atoms with Gasteiger partial charge in [0.15, 0.2) is 0 Å². The number of benzene rings is 1. The second-order valence-corrected chi connectivity index (χ2v) is 5.31. The molecule has 1 heterocycles. The fourth-order valence-corrected chi connectivity index (χ4v) is 2.43. The van der Waals surface area contributed by atoms with Crippen LogP contribution in [0.5, 0.6) is 0 Å². The van der Waals surface area contributed by atoms with Gasteiger partial charge in [-0.15, -0.1) is 0 Å². The summed E-state index contributed by atoms with van der Waals surface area (Å²) in [6, 6.07) is 3.99. The van der Waals surface area contributed by atoms with Crippen LogP contribution in [0.25, 0.3) is 11.3 Å². The average molecular weight is 371 g/mol. The number of pyridine rings is 1. The predicted molar refractivity (Wildman–Crippen MR) is 76.7 cm³/mol. The number of carbonyl (C=O) groups is 1. The number of alkyl halides is 3. The zero-order chi connectivity index (χ0) is 16.7. The van der Waals surface area contributed by atoms with E-state index < -0.39 is 29.1 Å². The lowest BCUT2D eigenvalue weighted by Crippen LogP contribution is -2.11. The number of aromatic carboxylic acids is 1. The summed E-state index contributed by atoms with van der Waals surface area (Å²) < 4.78 is 38.4. The number of aromatic nitrogens is 1. The second-order valence-electron chi connectivity index (χ2n) is 4.11. The highest BCUT2D eigenvalue weighted by molar-refractivity contribution is 6.46. The lowest BCUT2D eigenvalue weighted by atomic mass is 10.0. The first kappa shape index (κ1) is 16.9. The number of halogens is 6. The Kier molecular flexibility index (Phi) is 4.56. The predicted octanol–water partition coefficient (Wildman–Crippen LogP) is 5.43. The maximum absolute atomic E-state index is 12.8. The summed E-state index contributed by atoms with van der Waals surface area (Å²) in [4.78, 5) is 14.6. The minimum atomic E-state index is -4.75. The van der Waals surface area contributed by atoms with Gasteiger partial charge < -0.3 is 5.11 Å². The van der Waals surface area contributed by atoms with Gasteiger partial charge in [-0.3, -0.25) is 0 Å². The van der Waals surface area contributed by atoms with Crippen molar-refractivity contribution in [1.29, 1.82) is 0 Å². The van der Waals surface area contributed by atoms with Gasteiger partial charge in [0, 0.05) is 5.56 Å². The molecule has 0 aliphatic rings. The van der Waals surface area contributed by atoms with Crippen molar-refractivity contribution in [2.24, 2.45) is 0 Å². The molecule has 0 radical (unpaired) electrons. The summed E-state index contributed by atoms with van der Waals surface area (Å²) in [6.45, 7) is 0. The van der Waals surface area contributed by atoms with Crippen LogP contribution in [0.15, 0.2) is 24.3 Å². The van der Waals surface area contributed by atoms with Gasteiger partial charge in [0.05, 0.1) is 26.3 Å². The average Bonchev–Trinajstić information content (AvgIpc) is 2.42. The molecule has 0 unspecified atom stereocenters. The Morgan fingerprint density at radius 1 is 1.05 bits per heavy atom. The molecule has 9 heteroatoms. The Bertz CT molecular complexity index is 763. The van der Waals surface area contributed by atoms with Crippen LogP contribution in [-0.4, -0.2) is 16.1 Å². The molecular weight excluding hydrogens is 366 g/mol. The molecule has 0 amide bonds. The van der Waals surface area contributed by atoms with E-state index in [2.05, 4.69) is 4.98 Å². The van der Waals surface area contributed by atoms with E-state index in [0.717, 1.165) is 6.07 Å². The van der Waals surface area contributed by atoms with Crippen molar-refractivity contribution < 1.29 is 23.1 Å². The van der Waals surface area contributed by atoms with Crippen molar-refractivity contribution in [3.63, 3.8) is 0 Å². The number of carboxylic acids is 1. The van der Waals surface area contributed by atoms with Crippen molar-refractivity contribution in [2.45, 2.75) is 6.18 Å².